The number of carbonyl (C=O) groups excluding carboxylic acids is 1. The van der Waals surface area contributed by atoms with Crippen LogP contribution in [0.1, 0.15) is 46.4 Å². The minimum absolute atomic E-state index is 0.0690. The van der Waals surface area contributed by atoms with Gasteiger partial charge < -0.3 is 14.7 Å². The Morgan fingerprint density at radius 3 is 2.57 bits per heavy atom. The lowest BCUT2D eigenvalue weighted by molar-refractivity contribution is 0.0697. The summed E-state index contributed by atoms with van der Waals surface area (Å²) in [6.45, 7) is 2.80. The van der Waals surface area contributed by atoms with Gasteiger partial charge in [0.15, 0.2) is 5.78 Å². The van der Waals surface area contributed by atoms with Crippen molar-refractivity contribution in [3.05, 3.63) is 29.3 Å². The van der Waals surface area contributed by atoms with Gasteiger partial charge in [0.2, 0.25) is 0 Å². The number of ketones is 1. The van der Waals surface area contributed by atoms with Crippen molar-refractivity contribution in [2.45, 2.75) is 25.7 Å². The molecule has 1 fully saturated rings. The predicted molar refractivity (Wildman–Crippen MR) is 79.2 cm³/mol. The highest BCUT2D eigenvalue weighted by Gasteiger charge is 2.17. The van der Waals surface area contributed by atoms with E-state index in [1.54, 1.807) is 0 Å². The van der Waals surface area contributed by atoms with Crippen molar-refractivity contribution < 1.29 is 19.4 Å². The molecule has 5 heteroatoms. The smallest absolute Gasteiger partial charge is 0.335 e. The van der Waals surface area contributed by atoms with Crippen molar-refractivity contribution in [2.75, 3.05) is 26.7 Å². The van der Waals surface area contributed by atoms with Gasteiger partial charge in [0.1, 0.15) is 5.75 Å². The van der Waals surface area contributed by atoms with Gasteiger partial charge in [-0.05, 0) is 44.1 Å². The number of carboxylic acid groups (broad SMARTS) is 1. The van der Waals surface area contributed by atoms with Crippen LogP contribution in [0.5, 0.6) is 5.75 Å². The third-order valence-corrected chi connectivity index (χ3v) is 3.85. The topological polar surface area (TPSA) is 66.8 Å². The van der Waals surface area contributed by atoms with E-state index in [4.69, 9.17) is 9.84 Å². The number of hydrogen-bond donors (Lipinski definition) is 1. The molecule has 0 atom stereocenters. The van der Waals surface area contributed by atoms with Crippen molar-refractivity contribution in [3.63, 3.8) is 0 Å². The molecule has 0 aliphatic carbocycles. The minimum atomic E-state index is -1.04. The van der Waals surface area contributed by atoms with Crippen LogP contribution in [0.15, 0.2) is 18.2 Å². The summed E-state index contributed by atoms with van der Waals surface area (Å²) in [7, 11) is 1.48. The second-order valence-electron chi connectivity index (χ2n) is 5.30. The summed E-state index contributed by atoms with van der Waals surface area (Å²) >= 11 is 0. The Bertz CT molecular complexity index is 521. The number of piperidine rings is 1. The molecule has 1 aliphatic rings. The van der Waals surface area contributed by atoms with E-state index in [9.17, 15) is 9.59 Å². The molecule has 0 saturated carbocycles. The molecular formula is C16H21NO4. The van der Waals surface area contributed by atoms with Crippen LogP contribution in [0, 0.1) is 0 Å². The zero-order valence-electron chi connectivity index (χ0n) is 12.3. The first kappa shape index (κ1) is 15.5. The molecule has 0 amide bonds. The van der Waals surface area contributed by atoms with Gasteiger partial charge in [0, 0.05) is 13.0 Å². The van der Waals surface area contributed by atoms with E-state index in [2.05, 4.69) is 4.90 Å². The monoisotopic (exact) mass is 291 g/mol. The van der Waals surface area contributed by atoms with Crippen molar-refractivity contribution in [2.24, 2.45) is 0 Å². The molecule has 5 nitrogen and oxygen atoms in total. The maximum Gasteiger partial charge on any atom is 0.335 e. The normalized spacial score (nSPS) is 15.7. The number of nitrogens with zero attached hydrogens (tertiary/aromatic N) is 1. The standard InChI is InChI=1S/C16H21NO4/c1-21-15-6-5-12(16(19)20)11-13(15)14(18)7-10-17-8-3-2-4-9-17/h5-6,11H,2-4,7-10H2,1H3,(H,19,20). The van der Waals surface area contributed by atoms with Crippen molar-refractivity contribution in [1.82, 2.24) is 4.90 Å². The zero-order chi connectivity index (χ0) is 15.2. The molecule has 1 N–H and O–H groups in total. The Balaban J connectivity index is 2.06. The lowest BCUT2D eigenvalue weighted by atomic mass is 10.0. The number of Topliss-reactive ketones (excluding diaryl/α,β-unsaturated/α-hetero) is 1. The van der Waals surface area contributed by atoms with Crippen LogP contribution in [-0.2, 0) is 0 Å². The van der Waals surface area contributed by atoms with Crippen LogP contribution in [0.3, 0.4) is 0 Å². The Hall–Kier alpha value is -1.88. The highest BCUT2D eigenvalue weighted by Crippen LogP contribution is 2.22. The van der Waals surface area contributed by atoms with Crippen molar-refractivity contribution in [3.8, 4) is 5.75 Å². The summed E-state index contributed by atoms with van der Waals surface area (Å²) in [5.74, 6) is -0.674. The first-order chi connectivity index (χ1) is 10.1. The molecule has 0 aromatic heterocycles. The SMILES string of the molecule is COc1ccc(C(=O)O)cc1C(=O)CCN1CCCCC1. The van der Waals surface area contributed by atoms with E-state index >= 15 is 0 Å². The van der Waals surface area contributed by atoms with Gasteiger partial charge in [0.25, 0.3) is 0 Å². The Kier molecular flexibility index (Phi) is 5.33. The van der Waals surface area contributed by atoms with Gasteiger partial charge in [-0.3, -0.25) is 4.79 Å². The lowest BCUT2D eigenvalue weighted by Crippen LogP contribution is -2.31. The highest BCUT2D eigenvalue weighted by atomic mass is 16.5. The summed E-state index contributed by atoms with van der Waals surface area (Å²) in [6.07, 6.45) is 4.02. The fourth-order valence-corrected chi connectivity index (χ4v) is 2.64. The van der Waals surface area contributed by atoms with Gasteiger partial charge in [-0.25, -0.2) is 4.79 Å². The lowest BCUT2D eigenvalue weighted by Gasteiger charge is -2.26. The molecule has 1 aromatic rings. The minimum Gasteiger partial charge on any atom is -0.496 e. The number of likely N-dealkylation sites (tertiary alicyclic amines) is 1. The molecule has 2 rings (SSSR count). The maximum atomic E-state index is 12.3. The van der Waals surface area contributed by atoms with E-state index < -0.39 is 5.97 Å². The van der Waals surface area contributed by atoms with E-state index in [0.717, 1.165) is 19.6 Å². The molecule has 1 aliphatic heterocycles. The number of methoxy groups -OCH3 is 1. The summed E-state index contributed by atoms with van der Waals surface area (Å²) in [4.78, 5) is 25.6. The van der Waals surface area contributed by atoms with Gasteiger partial charge in [-0.2, -0.15) is 0 Å². The third kappa shape index (κ3) is 4.04. The quantitative estimate of drug-likeness (QED) is 0.815. The maximum absolute atomic E-state index is 12.3. The van der Waals surface area contributed by atoms with E-state index in [1.165, 1.54) is 44.6 Å². The first-order valence-electron chi connectivity index (χ1n) is 7.28. The number of benzene rings is 1. The Labute approximate surface area is 124 Å². The van der Waals surface area contributed by atoms with Crippen LogP contribution in [0.25, 0.3) is 0 Å². The van der Waals surface area contributed by atoms with Crippen LogP contribution in [0.2, 0.25) is 0 Å². The molecular weight excluding hydrogens is 270 g/mol. The molecule has 21 heavy (non-hydrogen) atoms. The molecule has 0 spiro atoms. The van der Waals surface area contributed by atoms with E-state index in [1.807, 2.05) is 0 Å². The van der Waals surface area contributed by atoms with Crippen LogP contribution in [0.4, 0.5) is 0 Å². The second kappa shape index (κ2) is 7.22. The number of rotatable bonds is 6. The fourth-order valence-electron chi connectivity index (χ4n) is 2.64. The number of hydrogen-bond acceptors (Lipinski definition) is 4. The van der Waals surface area contributed by atoms with Crippen LogP contribution < -0.4 is 4.74 Å². The Morgan fingerprint density at radius 1 is 1.24 bits per heavy atom. The van der Waals surface area contributed by atoms with Crippen molar-refractivity contribution in [1.29, 1.82) is 0 Å². The highest BCUT2D eigenvalue weighted by molar-refractivity contribution is 6.01. The number of carbonyl (C=O) groups is 2. The van der Waals surface area contributed by atoms with Crippen molar-refractivity contribution >= 4 is 11.8 Å². The molecule has 0 unspecified atom stereocenters. The zero-order valence-corrected chi connectivity index (χ0v) is 12.3. The van der Waals surface area contributed by atoms with Gasteiger partial charge in [-0.1, -0.05) is 6.42 Å². The molecule has 1 heterocycles. The predicted octanol–water partition coefficient (Wildman–Crippen LogP) is 2.45. The van der Waals surface area contributed by atoms with Gasteiger partial charge >= 0.3 is 5.97 Å². The number of aromatic carboxylic acids is 1. The number of ether oxygens (including phenoxy) is 1. The van der Waals surface area contributed by atoms with Crippen LogP contribution in [-0.4, -0.2) is 48.5 Å². The van der Waals surface area contributed by atoms with Crippen LogP contribution >= 0.6 is 0 Å². The first-order valence-corrected chi connectivity index (χ1v) is 7.28. The fraction of sp³-hybridized carbons (Fsp3) is 0.500. The molecule has 0 bridgehead atoms. The van der Waals surface area contributed by atoms with Gasteiger partial charge in [0.05, 0.1) is 18.2 Å². The summed E-state index contributed by atoms with van der Waals surface area (Å²) in [6, 6.07) is 4.39. The largest absolute Gasteiger partial charge is 0.496 e. The number of carboxylic acids is 1. The summed E-state index contributed by atoms with van der Waals surface area (Å²) in [5, 5.41) is 9.03. The van der Waals surface area contributed by atoms with E-state index in [-0.39, 0.29) is 11.3 Å². The summed E-state index contributed by atoms with van der Waals surface area (Å²) in [5.41, 5.74) is 0.464. The van der Waals surface area contributed by atoms with Gasteiger partial charge in [-0.15, -0.1) is 0 Å². The third-order valence-electron chi connectivity index (χ3n) is 3.85. The average molecular weight is 291 g/mol. The molecule has 0 radical (unpaired) electrons. The second-order valence-corrected chi connectivity index (χ2v) is 5.30. The van der Waals surface area contributed by atoms with E-state index in [0.29, 0.717) is 17.7 Å². The average Bonchev–Trinajstić information content (AvgIpc) is 2.52. The molecule has 1 saturated heterocycles. The molecule has 1 aromatic carbocycles. The summed E-state index contributed by atoms with van der Waals surface area (Å²) < 4.78 is 5.17. The molecule has 114 valence electrons. The Morgan fingerprint density at radius 2 is 1.95 bits per heavy atom.